The molecule has 0 aliphatic carbocycles. The highest BCUT2D eigenvalue weighted by Gasteiger charge is 2.31. The lowest BCUT2D eigenvalue weighted by atomic mass is 10.2. The summed E-state index contributed by atoms with van der Waals surface area (Å²) < 4.78 is 42.7. The Balaban J connectivity index is 2.31. The summed E-state index contributed by atoms with van der Waals surface area (Å²) in [6.45, 7) is 0. The number of rotatable bonds is 2. The lowest BCUT2D eigenvalue weighted by Crippen LogP contribution is -2.05. The predicted octanol–water partition coefficient (Wildman–Crippen LogP) is 5.07. The van der Waals surface area contributed by atoms with Gasteiger partial charge in [0.05, 0.1) is 22.2 Å². The number of nitriles is 1. The van der Waals surface area contributed by atoms with Crippen LogP contribution < -0.4 is 4.74 Å². The smallest absolute Gasteiger partial charge is 0.417 e. The fourth-order valence-corrected chi connectivity index (χ4v) is 1.84. The number of ether oxygens (including phenoxy) is 1. The quantitative estimate of drug-likeness (QED) is 0.771. The van der Waals surface area contributed by atoms with Crippen LogP contribution in [0, 0.1) is 11.3 Å². The minimum absolute atomic E-state index is 0.117. The topological polar surface area (TPSA) is 45.9 Å². The molecule has 0 aliphatic heterocycles. The lowest BCUT2D eigenvalue weighted by molar-refractivity contribution is -0.137. The van der Waals surface area contributed by atoms with E-state index < -0.39 is 11.7 Å². The van der Waals surface area contributed by atoms with E-state index in [-0.39, 0.29) is 21.7 Å². The van der Waals surface area contributed by atoms with E-state index in [4.69, 9.17) is 33.2 Å². The van der Waals surface area contributed by atoms with E-state index in [1.165, 1.54) is 18.2 Å². The van der Waals surface area contributed by atoms with Gasteiger partial charge < -0.3 is 4.74 Å². The van der Waals surface area contributed by atoms with Crippen LogP contribution in [-0.4, -0.2) is 4.98 Å². The first kappa shape index (κ1) is 15.4. The standard InChI is InChI=1S/C13H5Cl2F3N2O/c14-9-3-7(5-19)1-2-11(9)21-12-10(15)4-8(6-20-12)13(16,17)18/h1-4,6H. The van der Waals surface area contributed by atoms with Crippen molar-refractivity contribution in [3.05, 3.63) is 51.6 Å². The molecule has 0 saturated carbocycles. The molecule has 21 heavy (non-hydrogen) atoms. The van der Waals surface area contributed by atoms with E-state index >= 15 is 0 Å². The van der Waals surface area contributed by atoms with Crippen LogP contribution >= 0.6 is 23.2 Å². The van der Waals surface area contributed by atoms with Gasteiger partial charge in [-0.25, -0.2) is 4.98 Å². The van der Waals surface area contributed by atoms with E-state index in [9.17, 15) is 13.2 Å². The zero-order chi connectivity index (χ0) is 15.6. The Labute approximate surface area is 127 Å². The summed E-state index contributed by atoms with van der Waals surface area (Å²) in [4.78, 5) is 3.53. The maximum atomic E-state index is 12.5. The number of alkyl halides is 3. The molecule has 0 aliphatic rings. The van der Waals surface area contributed by atoms with Gasteiger partial charge in [-0.05, 0) is 24.3 Å². The zero-order valence-electron chi connectivity index (χ0n) is 10.1. The highest BCUT2D eigenvalue weighted by atomic mass is 35.5. The number of aromatic nitrogens is 1. The van der Waals surface area contributed by atoms with Gasteiger partial charge in [-0.15, -0.1) is 0 Å². The van der Waals surface area contributed by atoms with Crippen molar-refractivity contribution in [2.75, 3.05) is 0 Å². The number of pyridine rings is 1. The van der Waals surface area contributed by atoms with Crippen LogP contribution in [0.1, 0.15) is 11.1 Å². The first-order chi connectivity index (χ1) is 9.81. The highest BCUT2D eigenvalue weighted by molar-refractivity contribution is 6.32. The molecule has 108 valence electrons. The van der Waals surface area contributed by atoms with Crippen molar-refractivity contribution in [3.8, 4) is 17.7 Å². The lowest BCUT2D eigenvalue weighted by Gasteiger charge is -2.10. The van der Waals surface area contributed by atoms with Gasteiger partial charge in [0.2, 0.25) is 5.88 Å². The number of hydrogen-bond acceptors (Lipinski definition) is 3. The molecule has 2 aromatic rings. The van der Waals surface area contributed by atoms with Gasteiger partial charge in [0, 0.05) is 6.20 Å². The van der Waals surface area contributed by atoms with Crippen molar-refractivity contribution in [3.63, 3.8) is 0 Å². The van der Waals surface area contributed by atoms with Crippen LogP contribution in [0.5, 0.6) is 11.6 Å². The van der Waals surface area contributed by atoms with Crippen LogP contribution in [0.25, 0.3) is 0 Å². The van der Waals surface area contributed by atoms with Crippen molar-refractivity contribution in [2.24, 2.45) is 0 Å². The van der Waals surface area contributed by atoms with Crippen LogP contribution in [0.15, 0.2) is 30.5 Å². The van der Waals surface area contributed by atoms with Gasteiger partial charge in [-0.3, -0.25) is 0 Å². The first-order valence-electron chi connectivity index (χ1n) is 5.41. The van der Waals surface area contributed by atoms with E-state index in [1.54, 1.807) is 0 Å². The predicted molar refractivity (Wildman–Crippen MR) is 70.5 cm³/mol. The molecule has 1 aromatic carbocycles. The van der Waals surface area contributed by atoms with Gasteiger partial charge >= 0.3 is 6.18 Å². The second kappa shape index (κ2) is 5.80. The number of benzene rings is 1. The molecule has 0 bridgehead atoms. The molecule has 1 heterocycles. The summed E-state index contributed by atoms with van der Waals surface area (Å²) in [7, 11) is 0. The Bertz CT molecular complexity index is 726. The second-order valence-electron chi connectivity index (χ2n) is 3.87. The Morgan fingerprint density at radius 3 is 2.38 bits per heavy atom. The molecule has 2 rings (SSSR count). The van der Waals surface area contributed by atoms with Gasteiger partial charge in [0.25, 0.3) is 0 Å². The van der Waals surface area contributed by atoms with E-state index in [0.29, 0.717) is 17.8 Å². The fraction of sp³-hybridized carbons (Fsp3) is 0.0769. The average Bonchev–Trinajstić information content (AvgIpc) is 2.41. The summed E-state index contributed by atoms with van der Waals surface area (Å²) in [5, 5.41) is 8.52. The Morgan fingerprint density at radius 2 is 1.86 bits per heavy atom. The van der Waals surface area contributed by atoms with E-state index in [0.717, 1.165) is 0 Å². The molecule has 0 radical (unpaired) electrons. The first-order valence-corrected chi connectivity index (χ1v) is 6.17. The summed E-state index contributed by atoms with van der Waals surface area (Å²) in [6.07, 6.45) is -3.93. The highest BCUT2D eigenvalue weighted by Crippen LogP contribution is 2.36. The molecule has 0 unspecified atom stereocenters. The van der Waals surface area contributed by atoms with Crippen molar-refractivity contribution < 1.29 is 17.9 Å². The normalized spacial score (nSPS) is 11.0. The molecule has 0 atom stereocenters. The van der Waals surface area contributed by atoms with Crippen molar-refractivity contribution in [2.45, 2.75) is 6.18 Å². The number of halogens is 5. The molecule has 0 amide bonds. The Kier molecular flexibility index (Phi) is 4.26. The fourth-order valence-electron chi connectivity index (χ4n) is 1.41. The maximum absolute atomic E-state index is 12.5. The molecular formula is C13H5Cl2F3N2O. The van der Waals surface area contributed by atoms with Gasteiger partial charge in [-0.1, -0.05) is 23.2 Å². The monoisotopic (exact) mass is 332 g/mol. The second-order valence-corrected chi connectivity index (χ2v) is 4.68. The minimum atomic E-state index is -4.54. The third kappa shape index (κ3) is 3.57. The van der Waals surface area contributed by atoms with Crippen LogP contribution in [0.2, 0.25) is 10.0 Å². The molecular weight excluding hydrogens is 328 g/mol. The van der Waals surface area contributed by atoms with E-state index in [1.807, 2.05) is 6.07 Å². The van der Waals surface area contributed by atoms with Crippen LogP contribution in [0.3, 0.4) is 0 Å². The molecule has 1 aromatic heterocycles. The van der Waals surface area contributed by atoms with Gasteiger partial charge in [0.15, 0.2) is 0 Å². The zero-order valence-corrected chi connectivity index (χ0v) is 11.6. The van der Waals surface area contributed by atoms with Crippen LogP contribution in [0.4, 0.5) is 13.2 Å². The number of nitrogens with zero attached hydrogens (tertiary/aromatic N) is 2. The van der Waals surface area contributed by atoms with E-state index in [2.05, 4.69) is 4.98 Å². The number of hydrogen-bond donors (Lipinski definition) is 0. The summed E-state index contributed by atoms with van der Waals surface area (Å²) in [5.74, 6) is -0.0823. The van der Waals surface area contributed by atoms with Crippen molar-refractivity contribution in [1.29, 1.82) is 5.26 Å². The summed E-state index contributed by atoms with van der Waals surface area (Å²) in [5.41, 5.74) is -0.662. The Morgan fingerprint density at radius 1 is 1.14 bits per heavy atom. The van der Waals surface area contributed by atoms with Gasteiger partial charge in [-0.2, -0.15) is 18.4 Å². The molecule has 0 fully saturated rings. The summed E-state index contributed by atoms with van der Waals surface area (Å²) >= 11 is 11.6. The SMILES string of the molecule is N#Cc1ccc(Oc2ncc(C(F)(F)F)cc2Cl)c(Cl)c1. The van der Waals surface area contributed by atoms with Crippen molar-refractivity contribution >= 4 is 23.2 Å². The molecule has 0 saturated heterocycles. The molecule has 8 heteroatoms. The largest absolute Gasteiger partial charge is 0.436 e. The average molecular weight is 333 g/mol. The van der Waals surface area contributed by atoms with Gasteiger partial charge in [0.1, 0.15) is 10.8 Å². The molecule has 0 spiro atoms. The third-order valence-corrected chi connectivity index (χ3v) is 2.97. The Hall–Kier alpha value is -1.97. The third-order valence-electron chi connectivity index (χ3n) is 2.40. The minimum Gasteiger partial charge on any atom is -0.436 e. The molecule has 0 N–H and O–H groups in total. The summed E-state index contributed by atoms with van der Waals surface area (Å²) in [6, 6.07) is 6.80. The van der Waals surface area contributed by atoms with Crippen LogP contribution in [-0.2, 0) is 6.18 Å². The maximum Gasteiger partial charge on any atom is 0.417 e. The molecule has 3 nitrogen and oxygen atoms in total. The van der Waals surface area contributed by atoms with Crippen molar-refractivity contribution in [1.82, 2.24) is 4.98 Å².